The van der Waals surface area contributed by atoms with Gasteiger partial charge in [0.15, 0.2) is 6.61 Å². The van der Waals surface area contributed by atoms with Crippen molar-refractivity contribution in [3.05, 3.63) is 136 Å². The number of hydrogen-bond acceptors (Lipinski definition) is 12. The Bertz CT molecular complexity index is 2910. The van der Waals surface area contributed by atoms with Crippen LogP contribution in [0, 0.1) is 23.7 Å². The molecule has 8 rings (SSSR count). The minimum atomic E-state index is -0.658. The maximum absolute atomic E-state index is 13.7. The molecule has 1 aliphatic heterocycles. The van der Waals surface area contributed by atoms with Crippen LogP contribution in [0.2, 0.25) is 5.02 Å². The average Bonchev–Trinajstić information content (AvgIpc) is 4.13. The number of rotatable bonds is 19. The number of aryl methyl sites for hydroxylation is 1. The second kappa shape index (κ2) is 24.1. The molecule has 0 spiro atoms. The first kappa shape index (κ1) is 53.5. The van der Waals surface area contributed by atoms with Crippen LogP contribution >= 0.6 is 22.9 Å². The Morgan fingerprint density at radius 1 is 0.851 bits per heavy atom. The van der Waals surface area contributed by atoms with Gasteiger partial charge in [-0.1, -0.05) is 62.7 Å². The zero-order valence-corrected chi connectivity index (χ0v) is 44.3. The van der Waals surface area contributed by atoms with Crippen molar-refractivity contribution in [2.75, 3.05) is 19.7 Å². The summed E-state index contributed by atoms with van der Waals surface area (Å²) in [7, 11) is 0. The van der Waals surface area contributed by atoms with Crippen LogP contribution in [-0.2, 0) is 16.1 Å². The molecule has 1 unspecified atom stereocenters. The lowest BCUT2D eigenvalue weighted by Gasteiger charge is -2.36. The quantitative estimate of drug-likeness (QED) is 0.0604. The summed E-state index contributed by atoms with van der Waals surface area (Å²) < 4.78 is 20.3. The largest absolute Gasteiger partial charge is 0.490 e. The van der Waals surface area contributed by atoms with E-state index in [1.165, 1.54) is 0 Å². The number of hydrogen-bond donors (Lipinski definition) is 4. The van der Waals surface area contributed by atoms with Crippen LogP contribution in [0.1, 0.15) is 99.9 Å². The molecular formula is C57H65ClN8O7S. The third kappa shape index (κ3) is 14.1. The third-order valence-corrected chi connectivity index (χ3v) is 15.0. The lowest BCUT2D eigenvalue weighted by atomic mass is 9.86. The molecule has 3 heterocycles. The van der Waals surface area contributed by atoms with E-state index in [2.05, 4.69) is 44.2 Å². The Morgan fingerprint density at radius 2 is 1.49 bits per heavy atom. The minimum Gasteiger partial charge on any atom is -0.490 e. The van der Waals surface area contributed by atoms with E-state index in [1.807, 2.05) is 107 Å². The highest BCUT2D eigenvalue weighted by atomic mass is 35.5. The molecule has 17 heteroatoms. The summed E-state index contributed by atoms with van der Waals surface area (Å²) in [6.45, 7) is 13.0. The number of carbonyl (C=O) groups excluding carboxylic acids is 3. The maximum atomic E-state index is 13.7. The van der Waals surface area contributed by atoms with Crippen molar-refractivity contribution in [3.63, 3.8) is 0 Å². The number of nitrogens with zero attached hydrogens (tertiary/aromatic N) is 5. The molecule has 0 bridgehead atoms. The first-order valence-electron chi connectivity index (χ1n) is 25.2. The maximum Gasteiger partial charge on any atom is 0.258 e. The van der Waals surface area contributed by atoms with Crippen molar-refractivity contribution in [2.45, 2.75) is 123 Å². The summed E-state index contributed by atoms with van der Waals surface area (Å²) in [5.41, 5.74) is 7.01. The van der Waals surface area contributed by atoms with Gasteiger partial charge in [-0.2, -0.15) is 10.4 Å². The number of carbonyl (C=O) groups is 3. The van der Waals surface area contributed by atoms with E-state index in [9.17, 15) is 19.5 Å². The molecule has 4 N–H and O–H groups in total. The molecule has 74 heavy (non-hydrogen) atoms. The van der Waals surface area contributed by atoms with Crippen LogP contribution in [0.25, 0.3) is 21.7 Å². The molecule has 0 radical (unpaired) electrons. The summed E-state index contributed by atoms with van der Waals surface area (Å²) in [6.07, 6.45) is 4.83. The Kier molecular flexibility index (Phi) is 17.4. The number of nitriles is 1. The van der Waals surface area contributed by atoms with E-state index in [0.717, 1.165) is 58.6 Å². The second-order valence-corrected chi connectivity index (χ2v) is 21.7. The molecule has 3 amide bonds. The highest BCUT2D eigenvalue weighted by Gasteiger charge is 2.40. The number of likely N-dealkylation sites (tertiary alicyclic amines) is 1. The molecule has 388 valence electrons. The third-order valence-electron chi connectivity index (χ3n) is 13.7. The second-order valence-electron chi connectivity index (χ2n) is 20.5. The van der Waals surface area contributed by atoms with Gasteiger partial charge in [-0.3, -0.25) is 24.0 Å². The Morgan fingerprint density at radius 3 is 2.09 bits per heavy atom. The molecular weight excluding hydrogens is 976 g/mol. The molecule has 1 saturated heterocycles. The van der Waals surface area contributed by atoms with Crippen LogP contribution in [0.5, 0.6) is 17.2 Å². The predicted molar refractivity (Wildman–Crippen MR) is 286 cm³/mol. The zero-order valence-electron chi connectivity index (χ0n) is 42.7. The first-order chi connectivity index (χ1) is 35.5. The predicted octanol–water partition coefficient (Wildman–Crippen LogP) is 9.32. The smallest absolute Gasteiger partial charge is 0.258 e. The van der Waals surface area contributed by atoms with Gasteiger partial charge in [-0.05, 0) is 136 Å². The van der Waals surface area contributed by atoms with Crippen molar-refractivity contribution in [3.8, 4) is 45.0 Å². The number of nitrogens with one attached hydrogen (secondary N) is 3. The molecule has 15 nitrogen and oxygen atoms in total. The van der Waals surface area contributed by atoms with Gasteiger partial charge >= 0.3 is 0 Å². The molecule has 5 atom stereocenters. The lowest BCUT2D eigenvalue weighted by Crippen LogP contribution is -2.54. The standard InChI is InChI=1S/C57H65ClN8O7S/c1-35(30-66-26-25-50(64-66)41-11-12-42(29-59)49(58)27-41)61-55(69)40-13-15-45(16-14-40)72-47-21-23-48(24-22-47)73-46-19-17-44(18-20-46)71-33-53(68)63-52(57(4,5)6)32-65-31-43(67)28-51(65)56(70)62-36(2)38-7-9-39(10-8-38)54-37(3)60-34-74-54/h7-20,25-27,34-36,43,47-48,51-52,67H,21-24,28,30-33H2,1-6H3,(H,61,69)(H,62,70)(H,63,68)/t35-,36-,43+,47?,48?,51?,52+/m0/s1. The van der Waals surface area contributed by atoms with Gasteiger partial charge in [-0.25, -0.2) is 4.98 Å². The van der Waals surface area contributed by atoms with E-state index < -0.39 is 12.1 Å². The van der Waals surface area contributed by atoms with Crippen LogP contribution in [0.4, 0.5) is 0 Å². The van der Waals surface area contributed by atoms with Crippen LogP contribution in [-0.4, -0.2) is 98.6 Å². The van der Waals surface area contributed by atoms with Crippen molar-refractivity contribution in [2.24, 2.45) is 5.41 Å². The molecule has 1 aliphatic carbocycles. The van der Waals surface area contributed by atoms with Gasteiger partial charge in [0.1, 0.15) is 23.3 Å². The van der Waals surface area contributed by atoms with Crippen LogP contribution in [0.3, 0.4) is 0 Å². The number of β-amino-alcohol motifs (C(OH)–C–C–N with tert-alkyl or cyclic N) is 1. The highest BCUT2D eigenvalue weighted by Crippen LogP contribution is 2.31. The summed E-state index contributed by atoms with van der Waals surface area (Å²) in [5, 5.41) is 34.2. The number of benzene rings is 4. The fourth-order valence-electron chi connectivity index (χ4n) is 9.37. The fraction of sp³-hybridized carbons (Fsp3) is 0.404. The van der Waals surface area contributed by atoms with Crippen molar-refractivity contribution in [1.29, 1.82) is 5.26 Å². The number of thiazole rings is 1. The van der Waals surface area contributed by atoms with Crippen molar-refractivity contribution < 1.29 is 33.7 Å². The SMILES string of the molecule is Cc1ncsc1-c1ccc([C@H](C)NC(=O)C2C[C@@H](O)CN2C[C@@H](NC(=O)COc2ccc(OC3CCC(Oc4ccc(C(=O)N[C@@H](C)Cn5ccc(-c6ccc(C#N)c(Cl)c6)n5)cc4)CC3)cc2)C(C)(C)C)cc1. The molecule has 1 saturated carbocycles. The van der Waals surface area contributed by atoms with Gasteiger partial charge < -0.3 is 35.3 Å². The lowest BCUT2D eigenvalue weighted by molar-refractivity contribution is -0.126. The van der Waals surface area contributed by atoms with Gasteiger partial charge in [0.2, 0.25) is 5.91 Å². The van der Waals surface area contributed by atoms with Gasteiger partial charge in [-0.15, -0.1) is 11.3 Å². The number of ether oxygens (including phenoxy) is 3. The zero-order chi connectivity index (χ0) is 52.5. The molecule has 4 aromatic carbocycles. The van der Waals surface area contributed by atoms with Crippen LogP contribution in [0.15, 0.2) is 109 Å². The van der Waals surface area contributed by atoms with Gasteiger partial charge in [0.25, 0.3) is 11.8 Å². The summed E-state index contributed by atoms with van der Waals surface area (Å²) >= 11 is 7.81. The van der Waals surface area contributed by atoms with Crippen molar-refractivity contribution in [1.82, 2.24) is 35.6 Å². The topological polar surface area (TPSA) is 193 Å². The van der Waals surface area contributed by atoms with E-state index >= 15 is 0 Å². The van der Waals surface area contributed by atoms with Crippen molar-refractivity contribution >= 4 is 40.7 Å². The minimum absolute atomic E-state index is 0.0273. The Balaban J connectivity index is 0.734. The summed E-state index contributed by atoms with van der Waals surface area (Å²) in [5.74, 6) is 1.32. The van der Waals surface area contributed by atoms with Gasteiger partial charge in [0, 0.05) is 42.5 Å². The van der Waals surface area contributed by atoms with E-state index in [0.29, 0.717) is 59.5 Å². The Labute approximate surface area is 442 Å². The fourth-order valence-corrected chi connectivity index (χ4v) is 10.4. The van der Waals surface area contributed by atoms with E-state index in [1.54, 1.807) is 52.4 Å². The number of halogens is 1. The first-order valence-corrected chi connectivity index (χ1v) is 26.5. The number of aliphatic hydroxyl groups excluding tert-OH is 1. The normalized spacial score (nSPS) is 19.1. The molecule has 6 aromatic rings. The number of aromatic nitrogens is 3. The molecule has 2 fully saturated rings. The van der Waals surface area contributed by atoms with E-state index in [-0.39, 0.29) is 60.1 Å². The highest BCUT2D eigenvalue weighted by molar-refractivity contribution is 7.13. The molecule has 2 aliphatic rings. The Hall–Kier alpha value is -6.77. The number of aliphatic hydroxyl groups is 1. The van der Waals surface area contributed by atoms with Crippen LogP contribution < -0.4 is 30.2 Å². The molecule has 2 aromatic heterocycles. The number of amides is 3. The summed E-state index contributed by atoms with van der Waals surface area (Å²) in [4.78, 5) is 47.6. The monoisotopic (exact) mass is 1040 g/mol. The summed E-state index contributed by atoms with van der Waals surface area (Å²) in [6, 6.07) is 30.4. The average molecular weight is 1040 g/mol. The van der Waals surface area contributed by atoms with Gasteiger partial charge in [0.05, 0.1) is 69.3 Å². The van der Waals surface area contributed by atoms with E-state index in [4.69, 9.17) is 31.1 Å².